The number of nitrogens with zero attached hydrogens (tertiary/aromatic N) is 2. The molecule has 0 spiro atoms. The molecular weight excluding hydrogens is 350 g/mol. The van der Waals surface area contributed by atoms with Crippen molar-refractivity contribution in [2.24, 2.45) is 0 Å². The predicted molar refractivity (Wildman–Crippen MR) is 99.3 cm³/mol. The summed E-state index contributed by atoms with van der Waals surface area (Å²) in [4.78, 5) is 27.5. The van der Waals surface area contributed by atoms with Gasteiger partial charge < -0.3 is 9.80 Å². The summed E-state index contributed by atoms with van der Waals surface area (Å²) in [6, 6.07) is 9.96. The van der Waals surface area contributed by atoms with Gasteiger partial charge >= 0.3 is 0 Å². The highest BCUT2D eigenvalue weighted by atomic mass is 19.1. The minimum atomic E-state index is -0.588. The second-order valence-corrected chi connectivity index (χ2v) is 6.84. The quantitative estimate of drug-likeness (QED) is 0.800. The fourth-order valence-electron chi connectivity index (χ4n) is 3.27. The van der Waals surface area contributed by atoms with Gasteiger partial charge in [-0.3, -0.25) is 9.59 Å². The smallest absolute Gasteiger partial charge is 0.227 e. The molecule has 4 nitrogen and oxygen atoms in total. The normalized spacial score (nSPS) is 15.1. The predicted octanol–water partition coefficient (Wildman–Crippen LogP) is 3.85. The number of rotatable bonds is 5. The topological polar surface area (TPSA) is 40.6 Å². The number of halogens is 2. The molecule has 0 saturated carbocycles. The van der Waals surface area contributed by atoms with Crippen molar-refractivity contribution in [2.45, 2.75) is 32.2 Å². The molecule has 0 N–H and O–H groups in total. The van der Waals surface area contributed by atoms with Crippen LogP contribution in [-0.4, -0.2) is 30.3 Å². The van der Waals surface area contributed by atoms with Gasteiger partial charge in [0, 0.05) is 31.3 Å². The van der Waals surface area contributed by atoms with Gasteiger partial charge in [0.2, 0.25) is 11.8 Å². The van der Waals surface area contributed by atoms with E-state index in [2.05, 4.69) is 0 Å². The standard InChI is InChI=1S/C21H22F2N2O2/c1-14(18-13-16(22)7-10-19(18)23)24(2)21(27)12-15-5-8-17(9-6-15)25-11-3-4-20(25)26/h5-10,13-14H,3-4,11-12H2,1-2H3. The van der Waals surface area contributed by atoms with Crippen molar-refractivity contribution in [3.05, 3.63) is 65.2 Å². The molecule has 1 aliphatic heterocycles. The molecule has 6 heteroatoms. The minimum absolute atomic E-state index is 0.115. The largest absolute Gasteiger partial charge is 0.339 e. The van der Waals surface area contributed by atoms with Gasteiger partial charge in [-0.05, 0) is 49.2 Å². The van der Waals surface area contributed by atoms with Gasteiger partial charge in [0.1, 0.15) is 11.6 Å². The van der Waals surface area contributed by atoms with Gasteiger partial charge in [0.05, 0.1) is 12.5 Å². The SMILES string of the molecule is CC(c1cc(F)ccc1F)N(C)C(=O)Cc1ccc(N2CCCC2=O)cc1. The highest BCUT2D eigenvalue weighted by Crippen LogP contribution is 2.25. The summed E-state index contributed by atoms with van der Waals surface area (Å²) in [5.74, 6) is -1.16. The van der Waals surface area contributed by atoms with E-state index in [0.717, 1.165) is 42.4 Å². The fraction of sp³-hybridized carbons (Fsp3) is 0.333. The summed E-state index contributed by atoms with van der Waals surface area (Å²) < 4.78 is 27.4. The zero-order valence-corrected chi connectivity index (χ0v) is 15.4. The molecule has 2 amide bonds. The third kappa shape index (κ3) is 4.15. The van der Waals surface area contributed by atoms with Crippen molar-refractivity contribution in [3.8, 4) is 0 Å². The van der Waals surface area contributed by atoms with Gasteiger partial charge in [0.25, 0.3) is 0 Å². The number of amides is 2. The van der Waals surface area contributed by atoms with Crippen LogP contribution >= 0.6 is 0 Å². The molecular formula is C21H22F2N2O2. The van der Waals surface area contributed by atoms with Crippen molar-refractivity contribution in [1.29, 1.82) is 0 Å². The first-order chi connectivity index (χ1) is 12.9. The molecule has 1 heterocycles. The average molecular weight is 372 g/mol. The number of benzene rings is 2. The molecule has 0 radical (unpaired) electrons. The molecule has 1 saturated heterocycles. The van der Waals surface area contributed by atoms with Gasteiger partial charge in [-0.25, -0.2) is 8.78 Å². The monoisotopic (exact) mass is 372 g/mol. The van der Waals surface area contributed by atoms with Crippen LogP contribution in [0.4, 0.5) is 14.5 Å². The Morgan fingerprint density at radius 3 is 2.52 bits per heavy atom. The zero-order valence-electron chi connectivity index (χ0n) is 15.4. The highest BCUT2D eigenvalue weighted by Gasteiger charge is 2.23. The molecule has 142 valence electrons. The maximum absolute atomic E-state index is 14.0. The van der Waals surface area contributed by atoms with Crippen LogP contribution in [-0.2, 0) is 16.0 Å². The zero-order chi connectivity index (χ0) is 19.6. The van der Waals surface area contributed by atoms with Crippen LogP contribution in [0.5, 0.6) is 0 Å². The number of anilines is 1. The third-order valence-electron chi connectivity index (χ3n) is 5.06. The summed E-state index contributed by atoms with van der Waals surface area (Å²) in [6.45, 7) is 2.38. The first kappa shape index (κ1) is 19.0. The Hall–Kier alpha value is -2.76. The van der Waals surface area contributed by atoms with Crippen LogP contribution in [0.2, 0.25) is 0 Å². The first-order valence-electron chi connectivity index (χ1n) is 8.96. The molecule has 2 aromatic carbocycles. The van der Waals surface area contributed by atoms with E-state index in [1.807, 2.05) is 24.3 Å². The number of hydrogen-bond acceptors (Lipinski definition) is 2. The summed E-state index contributed by atoms with van der Waals surface area (Å²) in [5, 5.41) is 0. The van der Waals surface area contributed by atoms with E-state index in [1.165, 1.54) is 4.90 Å². The molecule has 1 atom stereocenters. The summed E-state index contributed by atoms with van der Waals surface area (Å²) in [5.41, 5.74) is 1.78. The summed E-state index contributed by atoms with van der Waals surface area (Å²) in [6.07, 6.45) is 1.57. The van der Waals surface area contributed by atoms with Crippen molar-refractivity contribution in [2.75, 3.05) is 18.5 Å². The molecule has 3 rings (SSSR count). The molecule has 1 fully saturated rings. The van der Waals surface area contributed by atoms with E-state index in [9.17, 15) is 18.4 Å². The first-order valence-corrected chi connectivity index (χ1v) is 8.96. The van der Waals surface area contributed by atoms with Gasteiger partial charge in [-0.1, -0.05) is 12.1 Å². The number of hydrogen-bond donors (Lipinski definition) is 0. The van der Waals surface area contributed by atoms with E-state index in [1.54, 1.807) is 18.9 Å². The Bertz CT molecular complexity index is 852. The van der Waals surface area contributed by atoms with E-state index in [4.69, 9.17) is 0 Å². The molecule has 0 bridgehead atoms. The number of carbonyl (C=O) groups excluding carboxylic acids is 2. The lowest BCUT2D eigenvalue weighted by Gasteiger charge is -2.26. The third-order valence-corrected chi connectivity index (χ3v) is 5.06. The fourth-order valence-corrected chi connectivity index (χ4v) is 3.27. The van der Waals surface area contributed by atoms with Gasteiger partial charge in [-0.15, -0.1) is 0 Å². The lowest BCUT2D eigenvalue weighted by molar-refractivity contribution is -0.131. The molecule has 2 aromatic rings. The van der Waals surface area contributed by atoms with E-state index in [-0.39, 0.29) is 23.8 Å². The Kier molecular flexibility index (Phi) is 5.54. The van der Waals surface area contributed by atoms with Crippen LogP contribution in [0.3, 0.4) is 0 Å². The molecule has 1 aliphatic rings. The number of carbonyl (C=O) groups is 2. The highest BCUT2D eigenvalue weighted by molar-refractivity contribution is 5.95. The second kappa shape index (κ2) is 7.86. The van der Waals surface area contributed by atoms with Crippen molar-refractivity contribution < 1.29 is 18.4 Å². The maximum Gasteiger partial charge on any atom is 0.227 e. The maximum atomic E-state index is 14.0. The Morgan fingerprint density at radius 2 is 1.89 bits per heavy atom. The van der Waals surface area contributed by atoms with E-state index >= 15 is 0 Å². The van der Waals surface area contributed by atoms with Crippen LogP contribution in [0.25, 0.3) is 0 Å². The Balaban J connectivity index is 1.67. The molecule has 1 unspecified atom stereocenters. The summed E-state index contributed by atoms with van der Waals surface area (Å²) >= 11 is 0. The van der Waals surface area contributed by atoms with Crippen LogP contribution in [0.15, 0.2) is 42.5 Å². The van der Waals surface area contributed by atoms with Crippen LogP contribution in [0, 0.1) is 11.6 Å². The van der Waals surface area contributed by atoms with Crippen LogP contribution in [0.1, 0.15) is 36.9 Å². The lowest BCUT2D eigenvalue weighted by atomic mass is 10.0. The molecule has 0 aliphatic carbocycles. The van der Waals surface area contributed by atoms with Crippen molar-refractivity contribution >= 4 is 17.5 Å². The van der Waals surface area contributed by atoms with Crippen LogP contribution < -0.4 is 4.90 Å². The van der Waals surface area contributed by atoms with Crippen molar-refractivity contribution in [1.82, 2.24) is 4.90 Å². The summed E-state index contributed by atoms with van der Waals surface area (Å²) in [7, 11) is 1.58. The molecule has 0 aromatic heterocycles. The Morgan fingerprint density at radius 1 is 1.19 bits per heavy atom. The van der Waals surface area contributed by atoms with Gasteiger partial charge in [-0.2, -0.15) is 0 Å². The molecule has 27 heavy (non-hydrogen) atoms. The van der Waals surface area contributed by atoms with E-state index < -0.39 is 17.7 Å². The minimum Gasteiger partial charge on any atom is -0.339 e. The van der Waals surface area contributed by atoms with E-state index in [0.29, 0.717) is 6.42 Å². The van der Waals surface area contributed by atoms with Crippen molar-refractivity contribution in [3.63, 3.8) is 0 Å². The lowest BCUT2D eigenvalue weighted by Crippen LogP contribution is -2.31. The second-order valence-electron chi connectivity index (χ2n) is 6.84. The van der Waals surface area contributed by atoms with Gasteiger partial charge in [0.15, 0.2) is 0 Å². The average Bonchev–Trinajstić information content (AvgIpc) is 3.09. The number of likely N-dealkylation sites (N-methyl/N-ethyl adjacent to an activating group) is 1. The Labute approximate surface area is 157 Å².